The van der Waals surface area contributed by atoms with Gasteiger partial charge in [0.15, 0.2) is 0 Å². The number of fused-ring (bicyclic) bond motifs is 3. The highest BCUT2D eigenvalue weighted by Crippen LogP contribution is 2.36. The number of hydrogen-bond donors (Lipinski definition) is 1. The molecule has 7 heteroatoms. The minimum absolute atomic E-state index is 0.295. The molecule has 1 amide bonds. The van der Waals surface area contributed by atoms with Gasteiger partial charge in [-0.2, -0.15) is 0 Å². The molecule has 0 atom stereocenters. The summed E-state index contributed by atoms with van der Waals surface area (Å²) in [4.78, 5) is 16.4. The zero-order valence-electron chi connectivity index (χ0n) is 11.3. The van der Waals surface area contributed by atoms with Crippen LogP contribution in [-0.4, -0.2) is 21.5 Å². The van der Waals surface area contributed by atoms with Gasteiger partial charge in [0.1, 0.15) is 12.4 Å². The van der Waals surface area contributed by atoms with Crippen LogP contribution in [0.15, 0.2) is 0 Å². The molecule has 0 spiro atoms. The summed E-state index contributed by atoms with van der Waals surface area (Å²) in [5, 5.41) is 2.70. The molecule has 0 fully saturated rings. The predicted octanol–water partition coefficient (Wildman–Crippen LogP) is 3.98. The van der Waals surface area contributed by atoms with E-state index >= 15 is 0 Å². The van der Waals surface area contributed by atoms with Gasteiger partial charge in [0.2, 0.25) is 3.79 Å². The van der Waals surface area contributed by atoms with Crippen LogP contribution >= 0.6 is 34.8 Å². The van der Waals surface area contributed by atoms with E-state index in [4.69, 9.17) is 39.5 Å². The molecule has 1 aromatic rings. The van der Waals surface area contributed by atoms with Gasteiger partial charge < -0.3 is 4.74 Å². The predicted molar refractivity (Wildman–Crippen MR) is 83.5 cm³/mol. The van der Waals surface area contributed by atoms with Gasteiger partial charge in [-0.05, 0) is 55.2 Å². The van der Waals surface area contributed by atoms with Crippen molar-refractivity contribution in [1.82, 2.24) is 4.98 Å². The van der Waals surface area contributed by atoms with Gasteiger partial charge in [-0.3, -0.25) is 5.32 Å². The quantitative estimate of drug-likeness (QED) is 0.822. The van der Waals surface area contributed by atoms with Crippen LogP contribution in [0.25, 0.3) is 0 Å². The number of anilines is 1. The number of carbonyl (C=O) groups excluding carboxylic acids is 1. The Morgan fingerprint density at radius 2 is 1.76 bits per heavy atom. The van der Waals surface area contributed by atoms with Gasteiger partial charge >= 0.3 is 6.09 Å². The Labute approximate surface area is 138 Å². The Bertz CT molecular complexity index is 585. The first-order valence-electron chi connectivity index (χ1n) is 6.98. The SMILES string of the molecule is O=C(Nc1nc2c(c3c1CCC3)CCC2)OCC(Cl)(Cl)Cl. The van der Waals surface area contributed by atoms with E-state index in [1.54, 1.807) is 0 Å². The first-order chi connectivity index (χ1) is 9.94. The molecule has 0 saturated carbocycles. The highest BCUT2D eigenvalue weighted by molar-refractivity contribution is 6.67. The molecule has 2 aliphatic rings. The summed E-state index contributed by atoms with van der Waals surface area (Å²) in [7, 11) is 0. The molecule has 0 saturated heterocycles. The van der Waals surface area contributed by atoms with Crippen molar-refractivity contribution in [3.05, 3.63) is 22.4 Å². The Hall–Kier alpha value is -0.710. The summed E-state index contributed by atoms with van der Waals surface area (Å²) in [6.07, 6.45) is 5.68. The largest absolute Gasteiger partial charge is 0.445 e. The molecule has 0 bridgehead atoms. The van der Waals surface area contributed by atoms with Crippen molar-refractivity contribution in [3.63, 3.8) is 0 Å². The maximum absolute atomic E-state index is 11.8. The Morgan fingerprint density at radius 1 is 1.10 bits per heavy atom. The Morgan fingerprint density at radius 3 is 2.52 bits per heavy atom. The van der Waals surface area contributed by atoms with Crippen molar-refractivity contribution < 1.29 is 9.53 Å². The van der Waals surface area contributed by atoms with Crippen molar-refractivity contribution in [1.29, 1.82) is 0 Å². The van der Waals surface area contributed by atoms with Crippen LogP contribution in [0.1, 0.15) is 35.2 Å². The van der Waals surface area contributed by atoms with Crippen molar-refractivity contribution in [2.24, 2.45) is 0 Å². The molecule has 21 heavy (non-hydrogen) atoms. The molecule has 1 heterocycles. The van der Waals surface area contributed by atoms with Gasteiger partial charge in [0, 0.05) is 5.69 Å². The van der Waals surface area contributed by atoms with Crippen molar-refractivity contribution in [2.75, 3.05) is 11.9 Å². The standard InChI is InChI=1S/C14H15Cl3N2O2/c15-14(16,17)7-21-13(20)19-12-10-5-1-3-8(10)9-4-2-6-11(9)18-12/h1-7H2,(H,18,19,20). The third-order valence-corrected chi connectivity index (χ3v) is 4.22. The van der Waals surface area contributed by atoms with E-state index in [0.717, 1.165) is 49.8 Å². The molecule has 0 radical (unpaired) electrons. The smallest absolute Gasteiger partial charge is 0.412 e. The van der Waals surface area contributed by atoms with E-state index in [-0.39, 0.29) is 6.61 Å². The van der Waals surface area contributed by atoms with E-state index in [0.29, 0.717) is 5.82 Å². The normalized spacial score (nSPS) is 16.5. The molecule has 1 N–H and O–H groups in total. The lowest BCUT2D eigenvalue weighted by atomic mass is 10.0. The molecule has 4 nitrogen and oxygen atoms in total. The number of aryl methyl sites for hydroxylation is 1. The topological polar surface area (TPSA) is 51.2 Å². The zero-order chi connectivity index (χ0) is 15.0. The number of carbonyl (C=O) groups is 1. The number of rotatable bonds is 2. The number of aromatic nitrogens is 1. The fourth-order valence-electron chi connectivity index (χ4n) is 3.10. The fraction of sp³-hybridized carbons (Fsp3) is 0.571. The number of pyridine rings is 1. The fourth-order valence-corrected chi connectivity index (χ4v) is 3.26. The lowest BCUT2D eigenvalue weighted by Gasteiger charge is -2.15. The highest BCUT2D eigenvalue weighted by atomic mass is 35.6. The third-order valence-electron chi connectivity index (χ3n) is 3.89. The average molecular weight is 350 g/mol. The summed E-state index contributed by atoms with van der Waals surface area (Å²) in [6, 6.07) is 0. The number of amides is 1. The van der Waals surface area contributed by atoms with Crippen molar-refractivity contribution >= 4 is 46.7 Å². The van der Waals surface area contributed by atoms with E-state index in [1.807, 2.05) is 0 Å². The zero-order valence-corrected chi connectivity index (χ0v) is 13.6. The molecule has 114 valence electrons. The summed E-state index contributed by atoms with van der Waals surface area (Å²) in [5.41, 5.74) is 5.01. The first-order valence-corrected chi connectivity index (χ1v) is 8.11. The number of halogens is 3. The summed E-state index contributed by atoms with van der Waals surface area (Å²) in [6.45, 7) is -0.295. The maximum Gasteiger partial charge on any atom is 0.412 e. The van der Waals surface area contributed by atoms with Crippen LogP contribution in [0.4, 0.5) is 10.6 Å². The summed E-state index contributed by atoms with van der Waals surface area (Å²) >= 11 is 16.7. The van der Waals surface area contributed by atoms with Gasteiger partial charge in [-0.15, -0.1) is 0 Å². The van der Waals surface area contributed by atoms with Crippen molar-refractivity contribution in [2.45, 2.75) is 42.3 Å². The maximum atomic E-state index is 11.8. The number of nitrogens with zero attached hydrogens (tertiary/aromatic N) is 1. The highest BCUT2D eigenvalue weighted by Gasteiger charge is 2.27. The lowest BCUT2D eigenvalue weighted by Crippen LogP contribution is -2.22. The minimum atomic E-state index is -1.61. The van der Waals surface area contributed by atoms with E-state index in [1.165, 1.54) is 11.1 Å². The van der Waals surface area contributed by atoms with Crippen LogP contribution in [0.2, 0.25) is 0 Å². The minimum Gasteiger partial charge on any atom is -0.445 e. The Kier molecular flexibility index (Phi) is 4.21. The molecule has 3 rings (SSSR count). The van der Waals surface area contributed by atoms with Crippen LogP contribution in [0, 0.1) is 0 Å². The molecule has 0 unspecified atom stereocenters. The van der Waals surface area contributed by atoms with Gasteiger partial charge in [-0.1, -0.05) is 34.8 Å². The van der Waals surface area contributed by atoms with Crippen LogP contribution in [0.3, 0.4) is 0 Å². The van der Waals surface area contributed by atoms with E-state index < -0.39 is 9.89 Å². The van der Waals surface area contributed by atoms with E-state index in [2.05, 4.69) is 10.3 Å². The number of hydrogen-bond acceptors (Lipinski definition) is 3. The molecule has 0 aliphatic heterocycles. The number of alkyl halides is 3. The second-order valence-electron chi connectivity index (χ2n) is 5.37. The van der Waals surface area contributed by atoms with Gasteiger partial charge in [0.25, 0.3) is 0 Å². The molecular formula is C14H15Cl3N2O2. The number of nitrogens with one attached hydrogen (secondary N) is 1. The van der Waals surface area contributed by atoms with Crippen LogP contribution in [-0.2, 0) is 30.4 Å². The average Bonchev–Trinajstić information content (AvgIpc) is 3.02. The molecule has 2 aliphatic carbocycles. The van der Waals surface area contributed by atoms with Crippen LogP contribution < -0.4 is 5.32 Å². The first kappa shape index (κ1) is 15.2. The molecule has 1 aromatic heterocycles. The summed E-state index contributed by atoms with van der Waals surface area (Å²) < 4.78 is 3.30. The van der Waals surface area contributed by atoms with Gasteiger partial charge in [0.05, 0.1) is 0 Å². The molecule has 0 aromatic carbocycles. The Balaban J connectivity index is 1.77. The van der Waals surface area contributed by atoms with E-state index in [9.17, 15) is 4.79 Å². The molecular weight excluding hydrogens is 335 g/mol. The van der Waals surface area contributed by atoms with Crippen LogP contribution in [0.5, 0.6) is 0 Å². The second kappa shape index (κ2) is 5.82. The lowest BCUT2D eigenvalue weighted by molar-refractivity contribution is 0.164. The van der Waals surface area contributed by atoms with Gasteiger partial charge in [-0.25, -0.2) is 9.78 Å². The number of ether oxygens (including phenoxy) is 1. The third kappa shape index (κ3) is 3.38. The second-order valence-corrected chi connectivity index (χ2v) is 7.88. The summed E-state index contributed by atoms with van der Waals surface area (Å²) in [5.74, 6) is 0.609. The monoisotopic (exact) mass is 348 g/mol. The van der Waals surface area contributed by atoms with Crippen molar-refractivity contribution in [3.8, 4) is 0 Å².